The minimum absolute atomic E-state index is 0.0681. The number of amides is 1. The standard InChI is InChI=1S/C22H28N2O2/c1-16(2)18-8-12-20(13-9-18)26-15-21(25)24-23-14-17-6-10-19(11-7-17)22(3,4)5/h6-14,16H,15H2,1-5H3,(H,24,25)/b23-14+. The zero-order valence-electron chi connectivity index (χ0n) is 16.2. The molecule has 0 saturated carbocycles. The highest BCUT2D eigenvalue weighted by Gasteiger charge is 2.12. The van der Waals surface area contributed by atoms with E-state index in [1.54, 1.807) is 6.21 Å². The Balaban J connectivity index is 1.80. The van der Waals surface area contributed by atoms with E-state index in [1.807, 2.05) is 36.4 Å². The van der Waals surface area contributed by atoms with Gasteiger partial charge in [0.25, 0.3) is 5.91 Å². The Morgan fingerprint density at radius 3 is 2.23 bits per heavy atom. The van der Waals surface area contributed by atoms with E-state index in [1.165, 1.54) is 11.1 Å². The van der Waals surface area contributed by atoms with Crippen LogP contribution in [-0.4, -0.2) is 18.7 Å². The first-order valence-corrected chi connectivity index (χ1v) is 8.91. The van der Waals surface area contributed by atoms with Crippen LogP contribution in [0.15, 0.2) is 53.6 Å². The molecule has 0 aliphatic carbocycles. The number of nitrogens with one attached hydrogen (secondary N) is 1. The number of hydrogen-bond acceptors (Lipinski definition) is 3. The first-order chi connectivity index (χ1) is 12.3. The molecule has 1 amide bonds. The minimum Gasteiger partial charge on any atom is -0.484 e. The van der Waals surface area contributed by atoms with Crippen LogP contribution in [0.1, 0.15) is 57.2 Å². The quantitative estimate of drug-likeness (QED) is 0.608. The Labute approximate surface area is 156 Å². The molecule has 138 valence electrons. The zero-order chi connectivity index (χ0) is 19.2. The van der Waals surface area contributed by atoms with Crippen LogP contribution in [0.5, 0.6) is 5.75 Å². The molecule has 0 spiro atoms. The van der Waals surface area contributed by atoms with E-state index in [4.69, 9.17) is 4.74 Å². The Morgan fingerprint density at radius 1 is 1.08 bits per heavy atom. The molecule has 0 fully saturated rings. The molecule has 26 heavy (non-hydrogen) atoms. The van der Waals surface area contributed by atoms with Crippen molar-refractivity contribution in [1.29, 1.82) is 0 Å². The average Bonchev–Trinajstić information content (AvgIpc) is 2.60. The summed E-state index contributed by atoms with van der Waals surface area (Å²) in [6, 6.07) is 15.9. The summed E-state index contributed by atoms with van der Waals surface area (Å²) in [4.78, 5) is 11.8. The van der Waals surface area contributed by atoms with Gasteiger partial charge in [-0.15, -0.1) is 0 Å². The lowest BCUT2D eigenvalue weighted by molar-refractivity contribution is -0.123. The van der Waals surface area contributed by atoms with Crippen LogP contribution in [0.4, 0.5) is 0 Å². The fourth-order valence-corrected chi connectivity index (χ4v) is 2.38. The van der Waals surface area contributed by atoms with Gasteiger partial charge in [0.05, 0.1) is 6.21 Å². The normalized spacial score (nSPS) is 11.8. The third-order valence-electron chi connectivity index (χ3n) is 4.10. The summed E-state index contributed by atoms with van der Waals surface area (Å²) in [6.45, 7) is 10.7. The van der Waals surface area contributed by atoms with Gasteiger partial charge in [-0.3, -0.25) is 4.79 Å². The van der Waals surface area contributed by atoms with Crippen molar-refractivity contribution in [3.8, 4) is 5.75 Å². The SMILES string of the molecule is CC(C)c1ccc(OCC(=O)N/N=C/c2ccc(C(C)(C)C)cc2)cc1. The van der Waals surface area contributed by atoms with Crippen LogP contribution in [0.2, 0.25) is 0 Å². The summed E-state index contributed by atoms with van der Waals surface area (Å²) in [5.41, 5.74) is 6.03. The second kappa shape index (κ2) is 8.65. The largest absolute Gasteiger partial charge is 0.484 e. The fraction of sp³-hybridized carbons (Fsp3) is 0.364. The molecule has 2 aromatic carbocycles. The van der Waals surface area contributed by atoms with Gasteiger partial charge in [-0.25, -0.2) is 5.43 Å². The number of hydrazone groups is 1. The molecule has 0 aliphatic rings. The Kier molecular flexibility index (Phi) is 6.56. The Morgan fingerprint density at radius 2 is 1.69 bits per heavy atom. The van der Waals surface area contributed by atoms with E-state index in [0.29, 0.717) is 11.7 Å². The third-order valence-corrected chi connectivity index (χ3v) is 4.10. The molecule has 0 unspecified atom stereocenters. The predicted molar refractivity (Wildman–Crippen MR) is 107 cm³/mol. The zero-order valence-corrected chi connectivity index (χ0v) is 16.2. The van der Waals surface area contributed by atoms with Crippen molar-refractivity contribution >= 4 is 12.1 Å². The van der Waals surface area contributed by atoms with Gasteiger partial charge in [0.15, 0.2) is 6.61 Å². The Bertz CT molecular complexity index is 739. The van der Waals surface area contributed by atoms with Gasteiger partial charge in [0.2, 0.25) is 0 Å². The van der Waals surface area contributed by atoms with Gasteiger partial charge in [-0.1, -0.05) is 71.0 Å². The van der Waals surface area contributed by atoms with E-state index in [2.05, 4.69) is 57.3 Å². The van der Waals surface area contributed by atoms with Crippen molar-refractivity contribution in [3.63, 3.8) is 0 Å². The molecule has 2 rings (SSSR count). The maximum absolute atomic E-state index is 11.8. The summed E-state index contributed by atoms with van der Waals surface area (Å²) >= 11 is 0. The van der Waals surface area contributed by atoms with Crippen molar-refractivity contribution < 1.29 is 9.53 Å². The van der Waals surface area contributed by atoms with Crippen molar-refractivity contribution in [2.24, 2.45) is 5.10 Å². The summed E-state index contributed by atoms with van der Waals surface area (Å²) in [6.07, 6.45) is 1.63. The van der Waals surface area contributed by atoms with Crippen LogP contribution in [0.3, 0.4) is 0 Å². The maximum Gasteiger partial charge on any atom is 0.277 e. The van der Waals surface area contributed by atoms with Gasteiger partial charge in [-0.05, 0) is 40.2 Å². The monoisotopic (exact) mass is 352 g/mol. The van der Waals surface area contributed by atoms with Gasteiger partial charge < -0.3 is 4.74 Å². The fourth-order valence-electron chi connectivity index (χ4n) is 2.38. The molecule has 4 nitrogen and oxygen atoms in total. The molecule has 0 radical (unpaired) electrons. The molecule has 0 aromatic heterocycles. The van der Waals surface area contributed by atoms with Gasteiger partial charge in [0, 0.05) is 0 Å². The molecule has 1 N–H and O–H groups in total. The highest BCUT2D eigenvalue weighted by atomic mass is 16.5. The molecule has 0 bridgehead atoms. The van der Waals surface area contributed by atoms with Crippen molar-refractivity contribution in [3.05, 3.63) is 65.2 Å². The highest BCUT2D eigenvalue weighted by Crippen LogP contribution is 2.21. The van der Waals surface area contributed by atoms with Crippen LogP contribution in [0, 0.1) is 0 Å². The molecule has 0 heterocycles. The Hall–Kier alpha value is -2.62. The third kappa shape index (κ3) is 6.03. The van der Waals surface area contributed by atoms with E-state index in [9.17, 15) is 4.79 Å². The molecule has 0 aliphatic heterocycles. The van der Waals surface area contributed by atoms with E-state index in [0.717, 1.165) is 5.56 Å². The maximum atomic E-state index is 11.8. The van der Waals surface area contributed by atoms with Crippen molar-refractivity contribution in [1.82, 2.24) is 5.43 Å². The molecular weight excluding hydrogens is 324 g/mol. The van der Waals surface area contributed by atoms with Crippen LogP contribution < -0.4 is 10.2 Å². The molecular formula is C22H28N2O2. The number of carbonyl (C=O) groups is 1. The van der Waals surface area contributed by atoms with Crippen molar-refractivity contribution in [2.75, 3.05) is 6.61 Å². The summed E-state index contributed by atoms with van der Waals surface area (Å²) < 4.78 is 5.47. The number of benzene rings is 2. The lowest BCUT2D eigenvalue weighted by Crippen LogP contribution is -2.24. The summed E-state index contributed by atoms with van der Waals surface area (Å²) in [5.74, 6) is 0.853. The summed E-state index contributed by atoms with van der Waals surface area (Å²) in [5, 5.41) is 3.98. The van der Waals surface area contributed by atoms with Crippen LogP contribution >= 0.6 is 0 Å². The topological polar surface area (TPSA) is 50.7 Å². The summed E-state index contributed by atoms with van der Waals surface area (Å²) in [7, 11) is 0. The minimum atomic E-state index is -0.291. The molecule has 0 saturated heterocycles. The number of ether oxygens (including phenoxy) is 1. The molecule has 0 atom stereocenters. The lowest BCUT2D eigenvalue weighted by atomic mass is 9.87. The first kappa shape index (κ1) is 19.7. The second-order valence-corrected chi connectivity index (χ2v) is 7.68. The first-order valence-electron chi connectivity index (χ1n) is 8.91. The smallest absolute Gasteiger partial charge is 0.277 e. The second-order valence-electron chi connectivity index (χ2n) is 7.68. The number of carbonyl (C=O) groups excluding carboxylic acids is 1. The lowest BCUT2D eigenvalue weighted by Gasteiger charge is -2.18. The molecule has 2 aromatic rings. The average molecular weight is 352 g/mol. The number of rotatable bonds is 6. The highest BCUT2D eigenvalue weighted by molar-refractivity contribution is 5.82. The number of hydrogen-bond donors (Lipinski definition) is 1. The predicted octanol–water partition coefficient (Wildman–Crippen LogP) is 4.64. The van der Waals surface area contributed by atoms with Gasteiger partial charge in [0.1, 0.15) is 5.75 Å². The molecule has 4 heteroatoms. The van der Waals surface area contributed by atoms with Gasteiger partial charge in [-0.2, -0.15) is 5.10 Å². The van der Waals surface area contributed by atoms with E-state index >= 15 is 0 Å². The van der Waals surface area contributed by atoms with E-state index < -0.39 is 0 Å². The van der Waals surface area contributed by atoms with Crippen LogP contribution in [-0.2, 0) is 10.2 Å². The van der Waals surface area contributed by atoms with Gasteiger partial charge >= 0.3 is 0 Å². The van der Waals surface area contributed by atoms with Crippen LogP contribution in [0.25, 0.3) is 0 Å². The number of nitrogens with zero attached hydrogens (tertiary/aromatic N) is 1. The van der Waals surface area contributed by atoms with Crippen molar-refractivity contribution in [2.45, 2.75) is 46.0 Å². The van der Waals surface area contributed by atoms with E-state index in [-0.39, 0.29) is 17.9 Å².